The van der Waals surface area contributed by atoms with Crippen LogP contribution in [0.3, 0.4) is 0 Å². The summed E-state index contributed by atoms with van der Waals surface area (Å²) in [7, 11) is 3.41. The van der Waals surface area contributed by atoms with Crippen molar-refractivity contribution in [1.82, 2.24) is 10.3 Å². The maximum atomic E-state index is 12.0. The largest absolute Gasteiger partial charge is 0.722 e. The lowest BCUT2D eigenvalue weighted by atomic mass is 10.1. The van der Waals surface area contributed by atoms with Gasteiger partial charge in [0.1, 0.15) is 11.7 Å². The predicted molar refractivity (Wildman–Crippen MR) is 80.3 cm³/mol. The number of nitrogens with zero attached hydrogens (tertiary/aromatic N) is 1. The van der Waals surface area contributed by atoms with Crippen LogP contribution in [0, 0.1) is 7.11 Å². The molecule has 22 heavy (non-hydrogen) atoms. The number of carbonyl (C=O) groups is 2. The van der Waals surface area contributed by atoms with Gasteiger partial charge in [0, 0.05) is 24.8 Å². The lowest BCUT2D eigenvalue weighted by Gasteiger charge is -2.14. The van der Waals surface area contributed by atoms with Gasteiger partial charge in [-0.15, -0.1) is 0 Å². The summed E-state index contributed by atoms with van der Waals surface area (Å²) in [6.07, 6.45) is 1.65. The Labute approximate surface area is 127 Å². The molecule has 1 atom stereocenters. The van der Waals surface area contributed by atoms with Crippen molar-refractivity contribution in [2.75, 3.05) is 0 Å². The number of hydrogen-bond acceptors (Lipinski definition) is 3. The Morgan fingerprint density at radius 3 is 2.50 bits per heavy atom. The van der Waals surface area contributed by atoms with Crippen molar-refractivity contribution in [3.05, 3.63) is 67.0 Å². The number of aromatic nitrogens is 1. The number of nitrogens with one attached hydrogen (secondary N) is 1. The topological polar surface area (TPSA) is 92.1 Å². The van der Waals surface area contributed by atoms with Gasteiger partial charge in [0.25, 0.3) is 5.91 Å². The third-order valence-corrected chi connectivity index (χ3v) is 3.06. The van der Waals surface area contributed by atoms with E-state index in [-0.39, 0.29) is 12.1 Å². The third-order valence-electron chi connectivity index (χ3n) is 3.06. The number of rotatable bonds is 6. The second-order valence-electron chi connectivity index (χ2n) is 4.61. The van der Waals surface area contributed by atoms with Gasteiger partial charge in [-0.2, -0.15) is 0 Å². The van der Waals surface area contributed by atoms with Crippen LogP contribution in [0.4, 0.5) is 0 Å². The standard InChI is InChI=1S/C16H16N2O4/c1-22-12-7-5-11(6-8-12)10-14(16(20)21)18-15(19)13-4-2-3-9-17-13/h2-9,14,22H,1,10H2,(H,18,19)(H,20,21)/t14-/m0/s1. The minimum atomic E-state index is -1.10. The van der Waals surface area contributed by atoms with Crippen LogP contribution >= 0.6 is 0 Å². The summed E-state index contributed by atoms with van der Waals surface area (Å²) in [5, 5.41) is 11.7. The fraction of sp³-hybridized carbons (Fsp3) is 0.125. The van der Waals surface area contributed by atoms with Crippen molar-refractivity contribution >= 4 is 11.9 Å². The van der Waals surface area contributed by atoms with E-state index in [0.717, 1.165) is 5.56 Å². The van der Waals surface area contributed by atoms with Gasteiger partial charge in [-0.05, 0) is 36.9 Å². The molecule has 6 heteroatoms. The molecule has 0 radical (unpaired) electrons. The first-order valence-electron chi connectivity index (χ1n) is 6.60. The second-order valence-corrected chi connectivity index (χ2v) is 4.61. The van der Waals surface area contributed by atoms with Crippen molar-refractivity contribution in [3.8, 4) is 5.75 Å². The zero-order chi connectivity index (χ0) is 15.9. The number of amides is 1. The van der Waals surface area contributed by atoms with Gasteiger partial charge in [-0.3, -0.25) is 9.78 Å². The smallest absolute Gasteiger partial charge is 0.326 e. The lowest BCUT2D eigenvalue weighted by molar-refractivity contribution is -0.139. The van der Waals surface area contributed by atoms with Crippen LogP contribution < -0.4 is 5.32 Å². The van der Waals surface area contributed by atoms with Crippen LogP contribution in [-0.2, 0) is 11.2 Å². The van der Waals surface area contributed by atoms with Crippen LogP contribution in [0.1, 0.15) is 16.1 Å². The van der Waals surface area contributed by atoms with Gasteiger partial charge >= 0.3 is 5.97 Å². The van der Waals surface area contributed by atoms with Gasteiger partial charge in [0.2, 0.25) is 5.75 Å². The molecule has 114 valence electrons. The molecule has 1 heterocycles. The number of carboxylic acid groups (broad SMARTS) is 1. The molecule has 0 aliphatic carbocycles. The van der Waals surface area contributed by atoms with Crippen molar-refractivity contribution < 1.29 is 19.4 Å². The Morgan fingerprint density at radius 1 is 1.23 bits per heavy atom. The molecule has 0 unspecified atom stereocenters. The first-order valence-corrected chi connectivity index (χ1v) is 6.60. The molecule has 0 fully saturated rings. The highest BCUT2D eigenvalue weighted by molar-refractivity contribution is 5.94. The molecule has 1 aromatic carbocycles. The normalized spacial score (nSPS) is 11.5. The molecule has 1 amide bonds. The summed E-state index contributed by atoms with van der Waals surface area (Å²) in [6.45, 7) is 0. The second kappa shape index (κ2) is 7.21. The lowest BCUT2D eigenvalue weighted by Crippen LogP contribution is -2.42. The molecule has 2 rings (SSSR count). The molecule has 6 nitrogen and oxygen atoms in total. The SMILES string of the molecule is [CH2-][OH+]c1ccc(C[C@H](NC(=O)c2ccccn2)C(=O)O)cc1. The molecular weight excluding hydrogens is 284 g/mol. The first-order chi connectivity index (χ1) is 10.6. The predicted octanol–water partition coefficient (Wildman–Crippen LogP) is 1.54. The van der Waals surface area contributed by atoms with E-state index in [4.69, 9.17) is 0 Å². The summed E-state index contributed by atoms with van der Waals surface area (Å²) in [5.74, 6) is -0.916. The quantitative estimate of drug-likeness (QED) is 0.625. The van der Waals surface area contributed by atoms with E-state index >= 15 is 0 Å². The van der Waals surface area contributed by atoms with Gasteiger partial charge in [-0.25, -0.2) is 4.79 Å². The monoisotopic (exact) mass is 300 g/mol. The molecule has 0 spiro atoms. The van der Waals surface area contributed by atoms with Crippen molar-refractivity contribution in [3.63, 3.8) is 0 Å². The number of carboxylic acids is 1. The molecule has 1 aromatic heterocycles. The van der Waals surface area contributed by atoms with Gasteiger partial charge in [-0.1, -0.05) is 6.07 Å². The average molecular weight is 300 g/mol. The van der Waals surface area contributed by atoms with Gasteiger partial charge < -0.3 is 15.2 Å². The maximum Gasteiger partial charge on any atom is 0.326 e. The van der Waals surface area contributed by atoms with Crippen LogP contribution in [0.5, 0.6) is 5.75 Å². The number of hydrogen-bond donors (Lipinski definition) is 2. The van der Waals surface area contributed by atoms with E-state index in [1.807, 2.05) is 0 Å². The summed E-state index contributed by atoms with van der Waals surface area (Å²) in [4.78, 5) is 27.2. The number of aromatic hydroxyl groups is 1. The zero-order valence-corrected chi connectivity index (χ0v) is 11.8. The highest BCUT2D eigenvalue weighted by atomic mass is 16.5. The Bertz CT molecular complexity index is 641. The number of carbonyl (C=O) groups excluding carboxylic acids is 1. The minimum absolute atomic E-state index is 0.172. The Kier molecular flexibility index (Phi) is 5.08. The highest BCUT2D eigenvalue weighted by Crippen LogP contribution is 2.14. The fourth-order valence-electron chi connectivity index (χ4n) is 1.90. The Hall–Kier alpha value is -2.89. The van der Waals surface area contributed by atoms with Crippen molar-refractivity contribution in [1.29, 1.82) is 0 Å². The van der Waals surface area contributed by atoms with Gasteiger partial charge in [0.05, 0.1) is 0 Å². The number of benzene rings is 1. The molecule has 0 bridgehead atoms. The Morgan fingerprint density at radius 2 is 1.95 bits per heavy atom. The molecule has 0 aliphatic rings. The van der Waals surface area contributed by atoms with E-state index in [9.17, 15) is 14.7 Å². The zero-order valence-electron chi connectivity index (χ0n) is 11.8. The third kappa shape index (κ3) is 4.05. The van der Waals surface area contributed by atoms with E-state index in [1.54, 1.807) is 36.4 Å². The van der Waals surface area contributed by atoms with Crippen LogP contribution in [0.25, 0.3) is 0 Å². The molecule has 0 aliphatic heterocycles. The molecular formula is C16H16N2O4. The summed E-state index contributed by atoms with van der Waals surface area (Å²) in [5.41, 5.74) is 0.959. The number of aliphatic hydroxyl groups is 1. The van der Waals surface area contributed by atoms with Crippen molar-refractivity contribution in [2.45, 2.75) is 12.5 Å². The van der Waals surface area contributed by atoms with Crippen LogP contribution in [0.2, 0.25) is 0 Å². The van der Waals surface area contributed by atoms with E-state index in [0.29, 0.717) is 5.75 Å². The number of pyridine rings is 1. The summed E-state index contributed by atoms with van der Waals surface area (Å²) >= 11 is 0. The average Bonchev–Trinajstić information content (AvgIpc) is 2.55. The minimum Gasteiger partial charge on any atom is -0.722 e. The number of aliphatic carboxylic acids is 1. The molecule has 0 saturated carbocycles. The first kappa shape index (κ1) is 15.5. The van der Waals surface area contributed by atoms with Crippen LogP contribution in [-0.4, -0.2) is 32.7 Å². The summed E-state index contributed by atoms with van der Waals surface area (Å²) < 4.78 is 3.77. The van der Waals surface area contributed by atoms with Gasteiger partial charge in [0.15, 0.2) is 0 Å². The molecule has 2 aromatic rings. The van der Waals surface area contributed by atoms with Crippen LogP contribution in [0.15, 0.2) is 48.7 Å². The van der Waals surface area contributed by atoms with E-state index in [2.05, 4.69) is 22.1 Å². The van der Waals surface area contributed by atoms with Crippen molar-refractivity contribution in [2.24, 2.45) is 0 Å². The molecule has 3 N–H and O–H groups in total. The molecule has 0 saturated heterocycles. The Balaban J connectivity index is 2.06. The number of ether oxygens (including phenoxy) is 1. The summed E-state index contributed by atoms with van der Waals surface area (Å²) in [6, 6.07) is 10.8. The van der Waals surface area contributed by atoms with E-state index < -0.39 is 17.9 Å². The maximum absolute atomic E-state index is 12.0. The van der Waals surface area contributed by atoms with E-state index in [1.165, 1.54) is 12.3 Å². The fourth-order valence-corrected chi connectivity index (χ4v) is 1.90. The highest BCUT2D eigenvalue weighted by Gasteiger charge is 2.21.